The van der Waals surface area contributed by atoms with Crippen LogP contribution >= 0.6 is 23.2 Å². The average molecular weight is 620 g/mol. The Morgan fingerprint density at radius 3 is 2.02 bits per heavy atom. The second-order valence-corrected chi connectivity index (χ2v) is 12.0. The molecule has 3 aromatic carbocycles. The van der Waals surface area contributed by atoms with Crippen LogP contribution in [0.2, 0.25) is 10.0 Å². The zero-order chi connectivity index (χ0) is 30.8. The van der Waals surface area contributed by atoms with Gasteiger partial charge in [0.05, 0.1) is 0 Å². The van der Waals surface area contributed by atoms with Crippen LogP contribution in [-0.4, -0.2) is 28.0 Å². The molecule has 0 unspecified atom stereocenters. The quantitative estimate of drug-likeness (QED) is 0.123. The minimum absolute atomic E-state index is 0.0115. The number of aliphatic carboxylic acids is 1. The molecule has 7 heteroatoms. The number of ketones is 1. The first-order chi connectivity index (χ1) is 20.7. The van der Waals surface area contributed by atoms with Crippen molar-refractivity contribution in [2.24, 2.45) is 13.0 Å². The molecule has 0 fully saturated rings. The lowest BCUT2D eigenvalue weighted by Gasteiger charge is -2.19. The molecule has 0 aliphatic heterocycles. The van der Waals surface area contributed by atoms with Gasteiger partial charge >= 0.3 is 5.97 Å². The maximum absolute atomic E-state index is 13.7. The molecular weight excluding hydrogens is 579 g/mol. The number of carbonyl (C=O) groups excluding carboxylic acids is 1. The summed E-state index contributed by atoms with van der Waals surface area (Å²) in [6, 6.07) is 25.8. The fourth-order valence-corrected chi connectivity index (χ4v) is 5.82. The predicted octanol–water partition coefficient (Wildman–Crippen LogP) is 8.83. The maximum atomic E-state index is 13.7. The Kier molecular flexibility index (Phi) is 11.9. The maximum Gasteiger partial charge on any atom is 0.303 e. The van der Waals surface area contributed by atoms with Crippen molar-refractivity contribution in [2.45, 2.75) is 58.3 Å². The Bertz CT molecular complexity index is 1460. The fourth-order valence-electron chi connectivity index (χ4n) is 5.57. The average Bonchev–Trinajstić information content (AvgIpc) is 3.32. The minimum atomic E-state index is -0.803. The first-order valence-corrected chi connectivity index (χ1v) is 15.8. The van der Waals surface area contributed by atoms with Gasteiger partial charge in [0.15, 0.2) is 5.78 Å². The van der Waals surface area contributed by atoms with E-state index in [4.69, 9.17) is 28.3 Å². The van der Waals surface area contributed by atoms with Crippen molar-refractivity contribution in [1.29, 1.82) is 0 Å². The highest BCUT2D eigenvalue weighted by atomic mass is 35.5. The zero-order valence-electron chi connectivity index (χ0n) is 24.9. The van der Waals surface area contributed by atoms with Crippen molar-refractivity contribution in [3.8, 4) is 0 Å². The molecule has 0 aliphatic carbocycles. The predicted molar refractivity (Wildman–Crippen MR) is 177 cm³/mol. The molecule has 1 heterocycles. The van der Waals surface area contributed by atoms with Crippen molar-refractivity contribution >= 4 is 40.6 Å². The highest BCUT2D eigenvalue weighted by molar-refractivity contribution is 6.30. The van der Waals surface area contributed by atoms with Gasteiger partial charge in [-0.05, 0) is 104 Å². The summed E-state index contributed by atoms with van der Waals surface area (Å²) in [5, 5.41) is 14.1. The van der Waals surface area contributed by atoms with E-state index in [-0.39, 0.29) is 12.2 Å². The number of nitrogens with one attached hydrogen (secondary N) is 1. The van der Waals surface area contributed by atoms with Crippen LogP contribution in [0.25, 0.3) is 0 Å². The highest BCUT2D eigenvalue weighted by Crippen LogP contribution is 2.24. The molecule has 0 saturated carbocycles. The molecule has 2 N–H and O–H groups in total. The second kappa shape index (κ2) is 15.8. The van der Waals surface area contributed by atoms with Crippen LogP contribution in [0.4, 0.5) is 5.69 Å². The van der Waals surface area contributed by atoms with Gasteiger partial charge in [0.2, 0.25) is 0 Å². The summed E-state index contributed by atoms with van der Waals surface area (Å²) in [5.41, 5.74) is 6.75. The summed E-state index contributed by atoms with van der Waals surface area (Å²) in [7, 11) is 1.96. The van der Waals surface area contributed by atoms with Crippen molar-refractivity contribution in [3.63, 3.8) is 0 Å². The Labute approximate surface area is 264 Å². The topological polar surface area (TPSA) is 71.3 Å². The van der Waals surface area contributed by atoms with E-state index >= 15 is 0 Å². The summed E-state index contributed by atoms with van der Waals surface area (Å²) in [4.78, 5) is 24.6. The molecule has 5 nitrogen and oxygen atoms in total. The van der Waals surface area contributed by atoms with Gasteiger partial charge in [-0.15, -0.1) is 0 Å². The van der Waals surface area contributed by atoms with Gasteiger partial charge in [-0.3, -0.25) is 9.59 Å². The molecule has 0 saturated heterocycles. The van der Waals surface area contributed by atoms with Crippen molar-refractivity contribution < 1.29 is 14.7 Å². The van der Waals surface area contributed by atoms with Crippen LogP contribution < -0.4 is 5.32 Å². The van der Waals surface area contributed by atoms with Crippen LogP contribution in [-0.2, 0) is 37.5 Å². The molecule has 0 bridgehead atoms. The van der Waals surface area contributed by atoms with E-state index in [0.717, 1.165) is 65.8 Å². The smallest absolute Gasteiger partial charge is 0.303 e. The Morgan fingerprint density at radius 2 is 1.47 bits per heavy atom. The number of hydrogen-bond donors (Lipinski definition) is 2. The number of halogens is 2. The largest absolute Gasteiger partial charge is 0.481 e. The highest BCUT2D eigenvalue weighted by Gasteiger charge is 2.19. The molecule has 226 valence electrons. The Balaban J connectivity index is 1.45. The lowest BCUT2D eigenvalue weighted by molar-refractivity contribution is -0.137. The van der Waals surface area contributed by atoms with E-state index in [9.17, 15) is 9.59 Å². The summed E-state index contributed by atoms with van der Waals surface area (Å²) in [6.45, 7) is 2.83. The van der Waals surface area contributed by atoms with Gasteiger partial charge < -0.3 is 15.0 Å². The molecule has 0 atom stereocenters. The van der Waals surface area contributed by atoms with Crippen molar-refractivity contribution in [1.82, 2.24) is 4.57 Å². The van der Waals surface area contributed by atoms with Crippen LogP contribution in [0.1, 0.15) is 71.0 Å². The number of aryl methyl sites for hydroxylation is 3. The number of anilines is 1. The van der Waals surface area contributed by atoms with Gasteiger partial charge in [0.1, 0.15) is 0 Å². The lowest BCUT2D eigenvalue weighted by Crippen LogP contribution is -2.16. The van der Waals surface area contributed by atoms with E-state index in [0.29, 0.717) is 29.9 Å². The number of nitrogens with zero attached hydrogens (tertiary/aromatic N) is 1. The summed E-state index contributed by atoms with van der Waals surface area (Å²) < 4.78 is 2.04. The Hall–Kier alpha value is -3.54. The molecule has 43 heavy (non-hydrogen) atoms. The number of carboxylic acids is 1. The monoisotopic (exact) mass is 618 g/mol. The normalized spacial score (nSPS) is 11.2. The zero-order valence-corrected chi connectivity index (χ0v) is 26.4. The number of carbonyl (C=O) groups is 2. The summed E-state index contributed by atoms with van der Waals surface area (Å²) >= 11 is 12.2. The standard InChI is InChI=1S/C36H40Cl2N2O3/c1-3-34-33(23-32(40(34)2)8-5-9-35(41)42)36(43)28-6-4-7-31(22-28)39-24-27(12-10-25-14-18-29(37)19-15-25)13-11-26-16-20-30(38)21-17-26/h4,6-7,14-23,27,39H,3,5,8-13,24H2,1-2H3,(H,41,42). The molecule has 1 aromatic heterocycles. The first-order valence-electron chi connectivity index (χ1n) is 15.0. The minimum Gasteiger partial charge on any atom is -0.481 e. The lowest BCUT2D eigenvalue weighted by atomic mass is 9.93. The molecule has 4 aromatic rings. The van der Waals surface area contributed by atoms with Gasteiger partial charge in [-0.25, -0.2) is 0 Å². The Morgan fingerprint density at radius 1 is 0.860 bits per heavy atom. The van der Waals surface area contributed by atoms with E-state index in [1.807, 2.05) is 73.1 Å². The fraction of sp³-hybridized carbons (Fsp3) is 0.333. The first kappa shape index (κ1) is 32.4. The number of carboxylic acid groups (broad SMARTS) is 1. The van der Waals surface area contributed by atoms with E-state index in [1.54, 1.807) is 0 Å². The van der Waals surface area contributed by atoms with Crippen LogP contribution in [0.5, 0.6) is 0 Å². The number of hydrogen-bond acceptors (Lipinski definition) is 3. The number of aromatic nitrogens is 1. The van der Waals surface area contributed by atoms with Crippen LogP contribution in [0, 0.1) is 5.92 Å². The van der Waals surface area contributed by atoms with Crippen LogP contribution in [0.15, 0.2) is 78.9 Å². The second-order valence-electron chi connectivity index (χ2n) is 11.1. The van der Waals surface area contributed by atoms with Gasteiger partial charge in [0, 0.05) is 58.3 Å². The van der Waals surface area contributed by atoms with E-state index in [1.165, 1.54) is 11.1 Å². The molecular formula is C36H40Cl2N2O3. The molecule has 0 spiro atoms. The van der Waals surface area contributed by atoms with Gasteiger partial charge in [-0.1, -0.05) is 66.5 Å². The molecule has 0 radical (unpaired) electrons. The van der Waals surface area contributed by atoms with Crippen molar-refractivity contribution in [2.75, 3.05) is 11.9 Å². The van der Waals surface area contributed by atoms with Crippen LogP contribution in [0.3, 0.4) is 0 Å². The van der Waals surface area contributed by atoms with Crippen molar-refractivity contribution in [3.05, 3.63) is 123 Å². The molecule has 0 amide bonds. The molecule has 0 aliphatic rings. The number of benzene rings is 3. The summed E-state index contributed by atoms with van der Waals surface area (Å²) in [6.07, 6.45) is 5.97. The summed E-state index contributed by atoms with van der Waals surface area (Å²) in [5.74, 6) is -0.398. The third kappa shape index (κ3) is 9.47. The number of rotatable bonds is 16. The van der Waals surface area contributed by atoms with E-state index in [2.05, 4.69) is 29.6 Å². The third-order valence-corrected chi connectivity index (χ3v) is 8.59. The van der Waals surface area contributed by atoms with Gasteiger partial charge in [0.25, 0.3) is 0 Å². The van der Waals surface area contributed by atoms with Gasteiger partial charge in [-0.2, -0.15) is 0 Å². The van der Waals surface area contributed by atoms with E-state index < -0.39 is 5.97 Å². The molecule has 4 rings (SSSR count). The SMILES string of the molecule is CCc1c(C(=O)c2cccc(NCC(CCc3ccc(Cl)cc3)CCc3ccc(Cl)cc3)c2)cc(CCCC(=O)O)n1C. The third-order valence-electron chi connectivity index (χ3n) is 8.09.